The lowest BCUT2D eigenvalue weighted by Crippen LogP contribution is -2.32. The van der Waals surface area contributed by atoms with Crippen molar-refractivity contribution >= 4 is 11.9 Å². The van der Waals surface area contributed by atoms with E-state index in [1.807, 2.05) is 59.4 Å². The van der Waals surface area contributed by atoms with Gasteiger partial charge in [-0.1, -0.05) is 0 Å². The molecular formula is C17H29N2O4+. The van der Waals surface area contributed by atoms with Crippen LogP contribution in [-0.4, -0.2) is 27.7 Å². The van der Waals surface area contributed by atoms with Gasteiger partial charge in [-0.05, 0) is 41.5 Å². The molecule has 0 aliphatic heterocycles. The third kappa shape index (κ3) is 7.30. The molecule has 1 aromatic heterocycles. The fourth-order valence-electron chi connectivity index (χ4n) is 2.06. The Labute approximate surface area is 138 Å². The molecule has 0 amide bonds. The van der Waals surface area contributed by atoms with Crippen molar-refractivity contribution < 1.29 is 23.6 Å². The summed E-state index contributed by atoms with van der Waals surface area (Å²) in [6.45, 7) is 10.9. The van der Waals surface area contributed by atoms with Crippen molar-refractivity contribution in [1.82, 2.24) is 4.57 Å². The van der Waals surface area contributed by atoms with Gasteiger partial charge in [0.2, 0.25) is 6.33 Å². The molecule has 0 aliphatic carbocycles. The van der Waals surface area contributed by atoms with Crippen molar-refractivity contribution in [3.63, 3.8) is 0 Å². The largest absolute Gasteiger partial charge is 0.460 e. The van der Waals surface area contributed by atoms with Gasteiger partial charge in [0.15, 0.2) is 6.04 Å². The molecule has 0 N–H and O–H groups in total. The SMILES string of the molecule is C[n+]1ccn([C@@H](CCC(=O)OC(C)(C)C)C(=O)OC(C)(C)C)c1. The van der Waals surface area contributed by atoms with E-state index in [2.05, 4.69) is 0 Å². The number of imidazole rings is 1. The highest BCUT2D eigenvalue weighted by molar-refractivity contribution is 5.76. The average molecular weight is 325 g/mol. The lowest BCUT2D eigenvalue weighted by atomic mass is 10.1. The molecule has 130 valence electrons. The third-order valence-electron chi connectivity index (χ3n) is 2.87. The van der Waals surface area contributed by atoms with Gasteiger partial charge in [0.1, 0.15) is 23.6 Å². The summed E-state index contributed by atoms with van der Waals surface area (Å²) in [7, 11) is 1.87. The minimum Gasteiger partial charge on any atom is -0.460 e. The number of rotatable bonds is 5. The van der Waals surface area contributed by atoms with Gasteiger partial charge >= 0.3 is 11.9 Å². The Morgan fingerprint density at radius 1 is 1.09 bits per heavy atom. The molecule has 1 rings (SSSR count). The highest BCUT2D eigenvalue weighted by Gasteiger charge is 2.31. The van der Waals surface area contributed by atoms with Crippen LogP contribution in [0.5, 0.6) is 0 Å². The number of aromatic nitrogens is 2. The summed E-state index contributed by atoms with van der Waals surface area (Å²) in [4.78, 5) is 24.4. The fraction of sp³-hybridized carbons (Fsp3) is 0.706. The topological polar surface area (TPSA) is 61.4 Å². The van der Waals surface area contributed by atoms with Crippen LogP contribution >= 0.6 is 0 Å². The summed E-state index contributed by atoms with van der Waals surface area (Å²) in [6, 6.07) is -0.553. The minimum atomic E-state index is -0.573. The first-order chi connectivity index (χ1) is 10.4. The van der Waals surface area contributed by atoms with Crippen molar-refractivity contribution in [3.8, 4) is 0 Å². The summed E-state index contributed by atoms with van der Waals surface area (Å²) in [5.41, 5.74) is -1.10. The number of hydrogen-bond acceptors (Lipinski definition) is 4. The maximum Gasteiger partial charge on any atom is 0.352 e. The van der Waals surface area contributed by atoms with E-state index in [1.54, 1.807) is 17.1 Å². The predicted molar refractivity (Wildman–Crippen MR) is 85.6 cm³/mol. The molecule has 0 bridgehead atoms. The van der Waals surface area contributed by atoms with Crippen molar-refractivity contribution in [1.29, 1.82) is 0 Å². The van der Waals surface area contributed by atoms with E-state index in [0.29, 0.717) is 6.42 Å². The van der Waals surface area contributed by atoms with E-state index in [9.17, 15) is 9.59 Å². The number of ether oxygens (including phenoxy) is 2. The van der Waals surface area contributed by atoms with Gasteiger partial charge in [-0.2, -0.15) is 0 Å². The third-order valence-corrected chi connectivity index (χ3v) is 2.87. The van der Waals surface area contributed by atoms with Crippen LogP contribution in [0, 0.1) is 0 Å². The Morgan fingerprint density at radius 3 is 2.09 bits per heavy atom. The number of carbonyl (C=O) groups is 2. The van der Waals surface area contributed by atoms with Crippen LogP contribution in [0.4, 0.5) is 0 Å². The molecule has 0 radical (unpaired) electrons. The van der Waals surface area contributed by atoms with Crippen LogP contribution in [0.25, 0.3) is 0 Å². The molecular weight excluding hydrogens is 296 g/mol. The molecule has 0 saturated heterocycles. The van der Waals surface area contributed by atoms with E-state index >= 15 is 0 Å². The van der Waals surface area contributed by atoms with E-state index in [4.69, 9.17) is 9.47 Å². The molecule has 6 nitrogen and oxygen atoms in total. The van der Waals surface area contributed by atoms with Crippen molar-refractivity contribution in [2.75, 3.05) is 0 Å². The predicted octanol–water partition coefficient (Wildman–Crippen LogP) is 2.32. The molecule has 0 spiro atoms. The lowest BCUT2D eigenvalue weighted by molar-refractivity contribution is -0.671. The highest BCUT2D eigenvalue weighted by atomic mass is 16.6. The van der Waals surface area contributed by atoms with Gasteiger partial charge in [0, 0.05) is 6.42 Å². The second-order valence-electron chi connectivity index (χ2n) is 7.70. The van der Waals surface area contributed by atoms with Gasteiger partial charge < -0.3 is 9.47 Å². The van der Waals surface area contributed by atoms with Crippen LogP contribution in [0.15, 0.2) is 18.7 Å². The zero-order chi connectivity index (χ0) is 17.8. The van der Waals surface area contributed by atoms with Crippen LogP contribution in [-0.2, 0) is 26.1 Å². The molecule has 0 unspecified atom stereocenters. The maximum atomic E-state index is 12.5. The van der Waals surface area contributed by atoms with E-state index in [0.717, 1.165) is 0 Å². The van der Waals surface area contributed by atoms with Gasteiger partial charge in [-0.3, -0.25) is 4.79 Å². The van der Waals surface area contributed by atoms with Gasteiger partial charge in [0.25, 0.3) is 0 Å². The Morgan fingerprint density at radius 2 is 1.65 bits per heavy atom. The molecule has 0 saturated carbocycles. The van der Waals surface area contributed by atoms with Crippen LogP contribution in [0.1, 0.15) is 60.4 Å². The summed E-state index contributed by atoms with van der Waals surface area (Å²) < 4.78 is 14.4. The maximum absolute atomic E-state index is 12.5. The minimum absolute atomic E-state index is 0.156. The number of aryl methyl sites for hydroxylation is 1. The Kier molecular flexibility index (Phi) is 5.97. The first-order valence-corrected chi connectivity index (χ1v) is 7.85. The highest BCUT2D eigenvalue weighted by Crippen LogP contribution is 2.20. The molecule has 0 aromatic carbocycles. The van der Waals surface area contributed by atoms with Crippen LogP contribution in [0.2, 0.25) is 0 Å². The zero-order valence-electron chi connectivity index (χ0n) is 15.3. The fourth-order valence-corrected chi connectivity index (χ4v) is 2.06. The summed E-state index contributed by atoms with van der Waals surface area (Å²) in [6.07, 6.45) is 5.92. The molecule has 0 fully saturated rings. The summed E-state index contributed by atoms with van der Waals surface area (Å²) >= 11 is 0. The van der Waals surface area contributed by atoms with Crippen molar-refractivity contribution in [3.05, 3.63) is 18.7 Å². The molecule has 23 heavy (non-hydrogen) atoms. The smallest absolute Gasteiger partial charge is 0.352 e. The van der Waals surface area contributed by atoms with Gasteiger partial charge in [0.05, 0.1) is 13.5 Å². The zero-order valence-corrected chi connectivity index (χ0v) is 15.3. The lowest BCUT2D eigenvalue weighted by Gasteiger charge is -2.23. The van der Waals surface area contributed by atoms with E-state index in [-0.39, 0.29) is 18.4 Å². The molecule has 0 aliphatic rings. The molecule has 1 atom stereocenters. The Hall–Kier alpha value is -1.85. The number of carbonyl (C=O) groups excluding carboxylic acids is 2. The normalized spacial score (nSPS) is 13.5. The van der Waals surface area contributed by atoms with Crippen LogP contribution in [0.3, 0.4) is 0 Å². The summed E-state index contributed by atoms with van der Waals surface area (Å²) in [5, 5.41) is 0. The summed E-state index contributed by atoms with van der Waals surface area (Å²) in [5.74, 6) is -0.667. The van der Waals surface area contributed by atoms with Crippen LogP contribution < -0.4 is 4.57 Å². The average Bonchev–Trinajstić information content (AvgIpc) is 2.71. The molecule has 1 heterocycles. The monoisotopic (exact) mass is 325 g/mol. The first kappa shape index (κ1) is 19.2. The van der Waals surface area contributed by atoms with E-state index in [1.165, 1.54) is 0 Å². The number of hydrogen-bond donors (Lipinski definition) is 0. The number of nitrogens with zero attached hydrogens (tertiary/aromatic N) is 2. The Balaban J connectivity index is 2.80. The van der Waals surface area contributed by atoms with E-state index < -0.39 is 17.2 Å². The molecule has 6 heteroatoms. The standard InChI is InChI=1S/C17H29N2O4/c1-16(2,3)22-14(20)9-8-13(15(21)23-17(4,5)6)19-11-10-18(7)12-19/h10-13H,8-9H2,1-7H3/q+1/t13-/m0/s1. The second kappa shape index (κ2) is 7.15. The van der Waals surface area contributed by atoms with Gasteiger partial charge in [-0.25, -0.2) is 13.9 Å². The van der Waals surface area contributed by atoms with Gasteiger partial charge in [-0.15, -0.1) is 0 Å². The Bertz CT molecular complexity index is 550. The van der Waals surface area contributed by atoms with Crippen molar-refractivity contribution in [2.24, 2.45) is 7.05 Å². The van der Waals surface area contributed by atoms with Crippen molar-refractivity contribution in [2.45, 2.75) is 71.6 Å². The number of esters is 2. The second-order valence-corrected chi connectivity index (χ2v) is 7.70. The molecule has 1 aromatic rings. The first-order valence-electron chi connectivity index (χ1n) is 7.85. The quantitative estimate of drug-likeness (QED) is 0.616.